The fraction of sp³-hybridized carbons (Fsp3) is 0.474. The lowest BCUT2D eigenvalue weighted by Crippen LogP contribution is -2.63. The molecule has 1 heterocycles. The zero-order valence-electron chi connectivity index (χ0n) is 15.8. The number of unbranched alkanes of at least 4 members (excludes halogenated alkanes) is 2. The molecular weight excluding hydrogens is 346 g/mol. The van der Waals surface area contributed by atoms with Crippen molar-refractivity contribution in [3.8, 4) is 0 Å². The van der Waals surface area contributed by atoms with Crippen LogP contribution >= 0.6 is 0 Å². The lowest BCUT2D eigenvalue weighted by molar-refractivity contribution is -0.145. The number of nitrogens with one attached hydrogen (secondary N) is 3. The number of guanidine groups is 1. The van der Waals surface area contributed by atoms with Crippen molar-refractivity contribution >= 4 is 35.2 Å². The summed E-state index contributed by atoms with van der Waals surface area (Å²) in [5, 5.41) is 7.71. The molecule has 0 saturated carbocycles. The number of amides is 4. The van der Waals surface area contributed by atoms with E-state index in [1.54, 1.807) is 24.3 Å². The maximum atomic E-state index is 12.7. The fourth-order valence-corrected chi connectivity index (χ4v) is 3.00. The number of hydrogen-bond acceptors (Lipinski definition) is 4. The Bertz CT molecular complexity index is 697. The molecule has 5 N–H and O–H groups in total. The molecule has 0 atom stereocenters. The van der Waals surface area contributed by atoms with Crippen LogP contribution in [0, 0.1) is 5.41 Å². The highest BCUT2D eigenvalue weighted by atomic mass is 16.2. The van der Waals surface area contributed by atoms with Crippen LogP contribution in [-0.2, 0) is 9.59 Å². The van der Waals surface area contributed by atoms with E-state index in [1.807, 2.05) is 13.8 Å². The van der Waals surface area contributed by atoms with E-state index in [2.05, 4.69) is 20.9 Å². The number of hydrogen-bond donors (Lipinski definition) is 4. The van der Waals surface area contributed by atoms with Crippen molar-refractivity contribution in [2.24, 2.45) is 10.4 Å². The van der Waals surface area contributed by atoms with Gasteiger partial charge in [-0.3, -0.25) is 20.2 Å². The van der Waals surface area contributed by atoms with Crippen LogP contribution in [0.2, 0.25) is 0 Å². The molecule has 27 heavy (non-hydrogen) atoms. The van der Waals surface area contributed by atoms with Crippen LogP contribution in [0.25, 0.3) is 0 Å². The number of carbonyl (C=O) groups excluding carboxylic acids is 3. The van der Waals surface area contributed by atoms with Crippen molar-refractivity contribution in [1.29, 1.82) is 0 Å². The number of urea groups is 1. The van der Waals surface area contributed by atoms with E-state index in [1.165, 1.54) is 0 Å². The van der Waals surface area contributed by atoms with Crippen molar-refractivity contribution in [3.05, 3.63) is 24.3 Å². The van der Waals surface area contributed by atoms with Gasteiger partial charge in [0.15, 0.2) is 0 Å². The third-order valence-corrected chi connectivity index (χ3v) is 4.62. The Morgan fingerprint density at radius 3 is 2.04 bits per heavy atom. The third kappa shape index (κ3) is 5.06. The summed E-state index contributed by atoms with van der Waals surface area (Å²) in [4.78, 5) is 41.3. The van der Waals surface area contributed by atoms with Gasteiger partial charge in [-0.2, -0.15) is 4.99 Å². The van der Waals surface area contributed by atoms with Crippen LogP contribution in [0.15, 0.2) is 29.3 Å². The molecule has 2 rings (SSSR count). The molecule has 0 aliphatic carbocycles. The molecule has 1 aromatic rings. The maximum absolute atomic E-state index is 12.7. The molecule has 8 nitrogen and oxygen atoms in total. The van der Waals surface area contributed by atoms with E-state index >= 15 is 0 Å². The van der Waals surface area contributed by atoms with Crippen LogP contribution in [0.3, 0.4) is 0 Å². The summed E-state index contributed by atoms with van der Waals surface area (Å²) in [5.41, 5.74) is 5.58. The van der Waals surface area contributed by atoms with Gasteiger partial charge in [0.25, 0.3) is 0 Å². The smallest absolute Gasteiger partial charge is 0.348 e. The monoisotopic (exact) mass is 373 g/mol. The Morgan fingerprint density at radius 1 is 1.04 bits per heavy atom. The molecule has 0 spiro atoms. The van der Waals surface area contributed by atoms with Crippen molar-refractivity contribution in [1.82, 2.24) is 10.6 Å². The second kappa shape index (κ2) is 9.16. The molecular formula is C19H27N5O3. The summed E-state index contributed by atoms with van der Waals surface area (Å²) in [6.07, 6.45) is 4.28. The minimum Gasteiger partial charge on any atom is -0.399 e. The van der Waals surface area contributed by atoms with Gasteiger partial charge < -0.3 is 11.1 Å². The molecule has 0 unspecified atom stereocenters. The lowest BCUT2D eigenvalue weighted by Gasteiger charge is -2.35. The average molecular weight is 373 g/mol. The van der Waals surface area contributed by atoms with Gasteiger partial charge in [-0.25, -0.2) is 4.79 Å². The summed E-state index contributed by atoms with van der Waals surface area (Å²) in [6, 6.07) is 5.84. The van der Waals surface area contributed by atoms with Gasteiger partial charge in [-0.15, -0.1) is 0 Å². The Labute approximate surface area is 159 Å². The van der Waals surface area contributed by atoms with Crippen LogP contribution in [0.5, 0.6) is 0 Å². The minimum atomic E-state index is -1.10. The molecule has 146 valence electrons. The summed E-state index contributed by atoms with van der Waals surface area (Å²) in [5.74, 6) is -0.944. The summed E-state index contributed by atoms with van der Waals surface area (Å²) < 4.78 is 0. The van der Waals surface area contributed by atoms with E-state index in [4.69, 9.17) is 5.73 Å². The molecule has 1 aliphatic rings. The van der Waals surface area contributed by atoms with E-state index < -0.39 is 23.3 Å². The van der Waals surface area contributed by atoms with E-state index in [0.717, 1.165) is 25.7 Å². The van der Waals surface area contributed by atoms with Gasteiger partial charge in [0.1, 0.15) is 5.41 Å². The zero-order valence-corrected chi connectivity index (χ0v) is 15.8. The van der Waals surface area contributed by atoms with E-state index in [-0.39, 0.29) is 5.96 Å². The highest BCUT2D eigenvalue weighted by Crippen LogP contribution is 2.33. The Balaban J connectivity index is 2.10. The van der Waals surface area contributed by atoms with Gasteiger partial charge in [0, 0.05) is 11.4 Å². The van der Waals surface area contributed by atoms with Crippen molar-refractivity contribution < 1.29 is 14.4 Å². The lowest BCUT2D eigenvalue weighted by atomic mass is 9.75. The first-order valence-corrected chi connectivity index (χ1v) is 9.29. The zero-order chi connectivity index (χ0) is 19.9. The van der Waals surface area contributed by atoms with Gasteiger partial charge in [0.05, 0.1) is 0 Å². The Kier molecular flexibility index (Phi) is 6.92. The highest BCUT2D eigenvalue weighted by Gasteiger charge is 2.48. The van der Waals surface area contributed by atoms with Crippen LogP contribution < -0.4 is 21.7 Å². The first-order valence-electron chi connectivity index (χ1n) is 9.29. The van der Waals surface area contributed by atoms with Crippen molar-refractivity contribution in [2.75, 3.05) is 11.1 Å². The predicted molar refractivity (Wildman–Crippen MR) is 105 cm³/mol. The third-order valence-electron chi connectivity index (χ3n) is 4.62. The summed E-state index contributed by atoms with van der Waals surface area (Å²) in [7, 11) is 0. The molecule has 0 aromatic heterocycles. The number of benzene rings is 1. The minimum absolute atomic E-state index is 0.151. The van der Waals surface area contributed by atoms with E-state index in [9.17, 15) is 14.4 Å². The van der Waals surface area contributed by atoms with E-state index in [0.29, 0.717) is 24.2 Å². The molecule has 4 amide bonds. The van der Waals surface area contributed by atoms with Crippen LogP contribution in [0.1, 0.15) is 52.4 Å². The number of nitrogens with zero attached hydrogens (tertiary/aromatic N) is 1. The number of nitrogens with two attached hydrogens (primary N) is 1. The summed E-state index contributed by atoms with van der Waals surface area (Å²) >= 11 is 0. The quantitative estimate of drug-likeness (QED) is 0.433. The number of rotatable bonds is 7. The first-order chi connectivity index (χ1) is 12.9. The molecule has 0 radical (unpaired) electrons. The number of anilines is 2. The maximum Gasteiger partial charge on any atom is 0.348 e. The van der Waals surface area contributed by atoms with Crippen molar-refractivity contribution in [3.63, 3.8) is 0 Å². The van der Waals surface area contributed by atoms with Crippen LogP contribution in [0.4, 0.5) is 16.2 Å². The highest BCUT2D eigenvalue weighted by molar-refractivity contribution is 6.22. The molecule has 1 aromatic carbocycles. The standard InChI is InChI=1S/C19H27N5O3/c1-3-5-11-19(12-6-4-2)15(25)22-17(23-16(19)26)24-18(27)21-14-9-7-13(20)8-10-14/h7-10H,3-6,11-12,20H2,1-2H3,(H3,21,22,23,24,25,26,27). The average Bonchev–Trinajstić information content (AvgIpc) is 2.63. The topological polar surface area (TPSA) is 126 Å². The first kappa shape index (κ1) is 20.4. The van der Waals surface area contributed by atoms with Gasteiger partial charge in [0.2, 0.25) is 17.8 Å². The molecule has 8 heteroatoms. The number of aliphatic imine (C=N–C) groups is 1. The number of nitrogen functional groups attached to an aromatic ring is 1. The SMILES string of the molecule is CCCCC1(CCCC)C(=O)NC(=NC(=O)Nc2ccc(N)cc2)NC1=O. The Hall–Kier alpha value is -2.90. The summed E-state index contributed by atoms with van der Waals surface area (Å²) in [6.45, 7) is 4.03. The second-order valence-electron chi connectivity index (χ2n) is 6.71. The predicted octanol–water partition coefficient (Wildman–Crippen LogP) is 2.77. The Morgan fingerprint density at radius 2 is 1.56 bits per heavy atom. The normalized spacial score (nSPS) is 15.7. The largest absolute Gasteiger partial charge is 0.399 e. The second-order valence-corrected chi connectivity index (χ2v) is 6.71. The van der Waals surface area contributed by atoms with Gasteiger partial charge in [-0.1, -0.05) is 39.5 Å². The van der Waals surface area contributed by atoms with Crippen LogP contribution in [-0.4, -0.2) is 23.8 Å². The van der Waals surface area contributed by atoms with Gasteiger partial charge in [-0.05, 0) is 37.1 Å². The molecule has 1 fully saturated rings. The molecule has 1 aliphatic heterocycles. The van der Waals surface area contributed by atoms with Gasteiger partial charge >= 0.3 is 6.03 Å². The molecule has 1 saturated heterocycles. The number of carbonyl (C=O) groups is 3. The fourth-order valence-electron chi connectivity index (χ4n) is 3.00. The molecule has 0 bridgehead atoms. The van der Waals surface area contributed by atoms with Crippen molar-refractivity contribution in [2.45, 2.75) is 52.4 Å².